The number of nitro benzene ring substituents is 1. The van der Waals surface area contributed by atoms with E-state index in [9.17, 15) is 14.5 Å². The van der Waals surface area contributed by atoms with Gasteiger partial charge in [0, 0.05) is 28.7 Å². The first-order chi connectivity index (χ1) is 10.1. The van der Waals surface area contributed by atoms with E-state index < -0.39 is 4.92 Å². The van der Waals surface area contributed by atoms with Crippen molar-refractivity contribution >= 4 is 21.6 Å². The van der Waals surface area contributed by atoms with Gasteiger partial charge >= 0.3 is 0 Å². The van der Waals surface area contributed by atoms with Crippen LogP contribution in [0.25, 0.3) is 0 Å². The Kier molecular flexibility index (Phi) is 5.41. The zero-order valence-electron chi connectivity index (χ0n) is 11.2. The van der Waals surface area contributed by atoms with Crippen LogP contribution in [0.3, 0.4) is 0 Å². The summed E-state index contributed by atoms with van der Waals surface area (Å²) in [5.41, 5.74) is 1.70. The highest BCUT2D eigenvalue weighted by atomic mass is 79.9. The topological polar surface area (TPSA) is 55.2 Å². The van der Waals surface area contributed by atoms with Crippen LogP contribution in [0.2, 0.25) is 0 Å². The van der Waals surface area contributed by atoms with Gasteiger partial charge in [-0.15, -0.1) is 0 Å². The van der Waals surface area contributed by atoms with Crippen molar-refractivity contribution in [3.8, 4) is 0 Å². The zero-order chi connectivity index (χ0) is 15.2. The molecule has 0 aromatic heterocycles. The molecule has 2 aromatic carbocycles. The highest BCUT2D eigenvalue weighted by Crippen LogP contribution is 2.15. The number of nitrogens with zero attached hydrogens (tertiary/aromatic N) is 1. The summed E-state index contributed by atoms with van der Waals surface area (Å²) in [4.78, 5) is 10.1. The largest absolute Gasteiger partial charge is 0.312 e. The lowest BCUT2D eigenvalue weighted by Gasteiger charge is -2.06. The Morgan fingerprint density at radius 1 is 1.19 bits per heavy atom. The van der Waals surface area contributed by atoms with Crippen molar-refractivity contribution in [1.29, 1.82) is 0 Å². The molecule has 2 rings (SSSR count). The van der Waals surface area contributed by atoms with Crippen LogP contribution in [0.15, 0.2) is 46.9 Å². The second kappa shape index (κ2) is 7.28. The van der Waals surface area contributed by atoms with Crippen molar-refractivity contribution in [2.45, 2.75) is 13.0 Å². The first-order valence-corrected chi connectivity index (χ1v) is 7.23. The molecule has 0 aliphatic heterocycles. The molecular weight excluding hydrogens is 339 g/mol. The van der Waals surface area contributed by atoms with Crippen LogP contribution < -0.4 is 5.32 Å². The summed E-state index contributed by atoms with van der Waals surface area (Å²) in [6.45, 7) is 1.12. The lowest BCUT2D eigenvalue weighted by molar-refractivity contribution is -0.384. The third-order valence-electron chi connectivity index (χ3n) is 3.07. The molecule has 21 heavy (non-hydrogen) atoms. The van der Waals surface area contributed by atoms with Crippen LogP contribution in [0.5, 0.6) is 0 Å². The highest BCUT2D eigenvalue weighted by Gasteiger charge is 2.04. The molecule has 110 valence electrons. The number of nitro groups is 1. The van der Waals surface area contributed by atoms with Crippen LogP contribution in [-0.4, -0.2) is 11.5 Å². The van der Waals surface area contributed by atoms with Crippen LogP contribution in [0.1, 0.15) is 11.1 Å². The molecule has 0 heterocycles. The molecule has 1 N–H and O–H groups in total. The number of hydrogen-bond donors (Lipinski definition) is 1. The Balaban J connectivity index is 1.80. The Labute approximate surface area is 130 Å². The number of halogens is 2. The number of nitrogens with one attached hydrogen (secondary N) is 1. The average molecular weight is 353 g/mol. The van der Waals surface area contributed by atoms with Crippen LogP contribution in [-0.2, 0) is 13.0 Å². The number of hydrogen-bond acceptors (Lipinski definition) is 3. The molecule has 0 fully saturated rings. The maximum Gasteiger partial charge on any atom is 0.269 e. The molecular formula is C15H14BrFN2O2. The third-order valence-corrected chi connectivity index (χ3v) is 3.56. The predicted molar refractivity (Wildman–Crippen MR) is 82.6 cm³/mol. The van der Waals surface area contributed by atoms with E-state index in [0.29, 0.717) is 18.7 Å². The van der Waals surface area contributed by atoms with Crippen molar-refractivity contribution in [3.63, 3.8) is 0 Å². The Hall–Kier alpha value is -1.79. The highest BCUT2D eigenvalue weighted by molar-refractivity contribution is 9.10. The summed E-state index contributed by atoms with van der Waals surface area (Å²) in [6.07, 6.45) is 0.732. The number of rotatable bonds is 6. The fourth-order valence-electron chi connectivity index (χ4n) is 1.91. The summed E-state index contributed by atoms with van der Waals surface area (Å²) in [5, 5.41) is 13.7. The molecule has 0 atom stereocenters. The molecule has 0 amide bonds. The van der Waals surface area contributed by atoms with E-state index >= 15 is 0 Å². The molecule has 0 radical (unpaired) electrons. The quantitative estimate of drug-likeness (QED) is 0.488. The minimum Gasteiger partial charge on any atom is -0.312 e. The van der Waals surface area contributed by atoms with E-state index in [2.05, 4.69) is 21.2 Å². The van der Waals surface area contributed by atoms with E-state index in [1.165, 1.54) is 18.2 Å². The summed E-state index contributed by atoms with van der Waals surface area (Å²) < 4.78 is 14.3. The van der Waals surface area contributed by atoms with Gasteiger partial charge in [0.1, 0.15) is 5.82 Å². The van der Waals surface area contributed by atoms with E-state index in [4.69, 9.17) is 0 Å². The molecule has 0 saturated carbocycles. The second-order valence-electron chi connectivity index (χ2n) is 4.59. The van der Waals surface area contributed by atoms with E-state index in [1.807, 2.05) is 0 Å². The maximum absolute atomic E-state index is 13.6. The van der Waals surface area contributed by atoms with Crippen LogP contribution >= 0.6 is 15.9 Å². The molecule has 0 bridgehead atoms. The molecule has 0 spiro atoms. The summed E-state index contributed by atoms with van der Waals surface area (Å²) in [6, 6.07) is 11.4. The minimum absolute atomic E-state index is 0.0867. The monoisotopic (exact) mass is 352 g/mol. The molecule has 4 nitrogen and oxygen atoms in total. The molecule has 0 saturated heterocycles. The standard InChI is InChI=1S/C15H14BrFN2O2/c16-13-4-3-12(15(17)9-13)10-18-8-7-11-1-5-14(6-2-11)19(20)21/h1-6,9,18H,7-8,10H2. The SMILES string of the molecule is O=[N+]([O-])c1ccc(CCNCc2ccc(Br)cc2F)cc1. The lowest BCUT2D eigenvalue weighted by atomic mass is 10.1. The second-order valence-corrected chi connectivity index (χ2v) is 5.50. The molecule has 0 unspecified atom stereocenters. The zero-order valence-corrected chi connectivity index (χ0v) is 12.8. The Bertz CT molecular complexity index is 632. The van der Waals surface area contributed by atoms with Gasteiger partial charge in [-0.1, -0.05) is 34.1 Å². The summed E-state index contributed by atoms with van der Waals surface area (Å²) in [7, 11) is 0. The summed E-state index contributed by atoms with van der Waals surface area (Å²) in [5.74, 6) is -0.243. The van der Waals surface area contributed by atoms with Gasteiger partial charge in [-0.25, -0.2) is 4.39 Å². The van der Waals surface area contributed by atoms with Crippen molar-refractivity contribution in [2.75, 3.05) is 6.54 Å². The minimum atomic E-state index is -0.418. The van der Waals surface area contributed by atoms with Gasteiger partial charge in [0.25, 0.3) is 5.69 Å². The third kappa shape index (κ3) is 4.61. The normalized spacial score (nSPS) is 10.6. The Morgan fingerprint density at radius 2 is 1.90 bits per heavy atom. The van der Waals surface area contributed by atoms with Crippen molar-refractivity contribution in [1.82, 2.24) is 5.32 Å². The fourth-order valence-corrected chi connectivity index (χ4v) is 2.24. The van der Waals surface area contributed by atoms with Gasteiger partial charge in [0.15, 0.2) is 0 Å². The first-order valence-electron chi connectivity index (χ1n) is 6.44. The molecule has 6 heteroatoms. The maximum atomic E-state index is 13.6. The first kappa shape index (κ1) is 15.6. The fraction of sp³-hybridized carbons (Fsp3) is 0.200. The van der Waals surface area contributed by atoms with Gasteiger partial charge < -0.3 is 5.32 Å². The van der Waals surface area contributed by atoms with Crippen molar-refractivity contribution in [2.24, 2.45) is 0 Å². The van der Waals surface area contributed by atoms with E-state index in [0.717, 1.165) is 16.5 Å². The van der Waals surface area contributed by atoms with E-state index in [1.54, 1.807) is 24.3 Å². The van der Waals surface area contributed by atoms with Gasteiger partial charge in [0.2, 0.25) is 0 Å². The lowest BCUT2D eigenvalue weighted by Crippen LogP contribution is -2.17. The van der Waals surface area contributed by atoms with Gasteiger partial charge in [-0.2, -0.15) is 0 Å². The smallest absolute Gasteiger partial charge is 0.269 e. The van der Waals surface area contributed by atoms with Crippen LogP contribution in [0, 0.1) is 15.9 Å². The van der Waals surface area contributed by atoms with Crippen molar-refractivity contribution in [3.05, 3.63) is 74.0 Å². The number of non-ortho nitro benzene ring substituents is 1. The number of benzene rings is 2. The molecule has 2 aromatic rings. The molecule has 0 aliphatic carbocycles. The van der Waals surface area contributed by atoms with Gasteiger partial charge in [-0.05, 0) is 30.7 Å². The Morgan fingerprint density at radius 3 is 2.52 bits per heavy atom. The predicted octanol–water partition coefficient (Wildman–Crippen LogP) is 3.83. The van der Waals surface area contributed by atoms with Gasteiger partial charge in [-0.3, -0.25) is 10.1 Å². The summed E-state index contributed by atoms with van der Waals surface area (Å²) >= 11 is 3.22. The molecule has 0 aliphatic rings. The average Bonchev–Trinajstić information content (AvgIpc) is 2.46. The van der Waals surface area contributed by atoms with Gasteiger partial charge in [0.05, 0.1) is 4.92 Å². The van der Waals surface area contributed by atoms with Crippen LogP contribution in [0.4, 0.5) is 10.1 Å². The van der Waals surface area contributed by atoms with E-state index in [-0.39, 0.29) is 11.5 Å². The van der Waals surface area contributed by atoms with Crippen molar-refractivity contribution < 1.29 is 9.31 Å².